The quantitative estimate of drug-likeness (QED) is 0.247. The first-order valence-electron chi connectivity index (χ1n) is 12.9. The van der Waals surface area contributed by atoms with Crippen molar-refractivity contribution in [3.63, 3.8) is 0 Å². The first kappa shape index (κ1) is 19.9. The van der Waals surface area contributed by atoms with Gasteiger partial charge in [-0.05, 0) is 69.4 Å². The van der Waals surface area contributed by atoms with Crippen molar-refractivity contribution in [1.82, 2.24) is 19.6 Å². The van der Waals surface area contributed by atoms with E-state index in [1.54, 1.807) is 4.80 Å². The van der Waals surface area contributed by atoms with Crippen molar-refractivity contribution in [2.24, 2.45) is 0 Å². The van der Waals surface area contributed by atoms with Crippen molar-refractivity contribution >= 4 is 43.6 Å². The number of aromatic nitrogens is 4. The fourth-order valence-electron chi connectivity index (χ4n) is 6.37. The number of hydrogen-bond acceptors (Lipinski definition) is 2. The van der Waals surface area contributed by atoms with E-state index in [1.165, 1.54) is 54.8 Å². The van der Waals surface area contributed by atoms with Gasteiger partial charge in [-0.15, -0.1) is 10.2 Å². The Morgan fingerprint density at radius 3 is 1.97 bits per heavy atom. The number of nitrogens with zero attached hydrogens (tertiary/aromatic N) is 4. The van der Waals surface area contributed by atoms with Gasteiger partial charge in [0.25, 0.3) is 0 Å². The van der Waals surface area contributed by atoms with Gasteiger partial charge in [-0.3, -0.25) is 0 Å². The van der Waals surface area contributed by atoms with Crippen LogP contribution in [0.4, 0.5) is 0 Å². The molecule has 0 atom stereocenters. The lowest BCUT2D eigenvalue weighted by molar-refractivity contribution is 0.765. The Balaban J connectivity index is 1.47. The average molecular weight is 485 g/mol. The fraction of sp³-hybridized carbons (Fsp3) is 0. The average Bonchev–Trinajstić information content (AvgIpc) is 3.53. The van der Waals surface area contributed by atoms with E-state index in [1.807, 2.05) is 36.4 Å². The van der Waals surface area contributed by atoms with E-state index in [0.717, 1.165) is 22.4 Å². The molecule has 0 N–H and O–H groups in total. The Labute approximate surface area is 218 Å². The summed E-state index contributed by atoms with van der Waals surface area (Å²) in [7, 11) is 0. The Morgan fingerprint density at radius 1 is 0.447 bits per heavy atom. The standard InChI is InChI=1S/C34H20N4/c1-2-10-22(11-3-1)38-35-27-16-8-18-30(34(27)36-38)37-28-17-7-15-26-24-13-5-4-12-23(24)25-14-6-9-21-19-20-29(37)33(31(21)25)32(26)28/h1-20H. The third-order valence-electron chi connectivity index (χ3n) is 7.92. The van der Waals surface area contributed by atoms with E-state index in [-0.39, 0.29) is 0 Å². The first-order chi connectivity index (χ1) is 18.9. The van der Waals surface area contributed by atoms with Crippen LogP contribution in [0.5, 0.6) is 0 Å². The second-order valence-corrected chi connectivity index (χ2v) is 9.91. The molecule has 0 saturated carbocycles. The molecule has 0 spiro atoms. The maximum absolute atomic E-state index is 4.99. The maximum atomic E-state index is 4.99. The molecule has 9 rings (SSSR count). The Kier molecular flexibility index (Phi) is 3.76. The second-order valence-electron chi connectivity index (χ2n) is 9.91. The van der Waals surface area contributed by atoms with Gasteiger partial charge in [0.1, 0.15) is 11.0 Å². The Hall–Kier alpha value is -5.22. The van der Waals surface area contributed by atoms with Gasteiger partial charge >= 0.3 is 0 Å². The van der Waals surface area contributed by atoms with Crippen molar-refractivity contribution in [1.29, 1.82) is 0 Å². The minimum absolute atomic E-state index is 0.872. The molecular formula is C34H20N4. The third kappa shape index (κ3) is 2.49. The maximum Gasteiger partial charge on any atom is 0.137 e. The first-order valence-corrected chi connectivity index (χ1v) is 12.9. The molecule has 38 heavy (non-hydrogen) atoms. The molecule has 6 aromatic carbocycles. The molecule has 0 bridgehead atoms. The second kappa shape index (κ2) is 7.17. The monoisotopic (exact) mass is 484 g/mol. The van der Waals surface area contributed by atoms with E-state index in [4.69, 9.17) is 10.2 Å². The van der Waals surface area contributed by atoms with Crippen molar-refractivity contribution in [3.8, 4) is 33.6 Å². The molecule has 0 aliphatic heterocycles. The molecule has 4 heteroatoms. The molecular weight excluding hydrogens is 464 g/mol. The third-order valence-corrected chi connectivity index (χ3v) is 7.92. The summed E-state index contributed by atoms with van der Waals surface area (Å²) in [4.78, 5) is 1.74. The highest BCUT2D eigenvalue weighted by atomic mass is 15.5. The summed E-state index contributed by atoms with van der Waals surface area (Å²) in [5.74, 6) is 0. The van der Waals surface area contributed by atoms with E-state index in [9.17, 15) is 0 Å². The van der Waals surface area contributed by atoms with Gasteiger partial charge in [-0.25, -0.2) is 0 Å². The molecule has 0 amide bonds. The van der Waals surface area contributed by atoms with E-state index in [0.29, 0.717) is 0 Å². The lowest BCUT2D eigenvalue weighted by atomic mass is 9.93. The number of benzene rings is 6. The number of hydrogen-bond donors (Lipinski definition) is 0. The zero-order valence-corrected chi connectivity index (χ0v) is 20.3. The molecule has 1 aliphatic carbocycles. The van der Waals surface area contributed by atoms with Gasteiger partial charge in [0.2, 0.25) is 0 Å². The highest BCUT2D eigenvalue weighted by molar-refractivity contribution is 6.30. The summed E-state index contributed by atoms with van der Waals surface area (Å²) < 4.78 is 2.38. The van der Waals surface area contributed by atoms with Crippen LogP contribution in [0.15, 0.2) is 121 Å². The van der Waals surface area contributed by atoms with Gasteiger partial charge < -0.3 is 4.57 Å². The SMILES string of the molecule is c1ccc(-n2nc3cccc(-n4c5cccc6c5c5c7c(cccc7ccc54)-c4ccccc4-6)c3n2)cc1. The number of rotatable bonds is 2. The lowest BCUT2D eigenvalue weighted by Crippen LogP contribution is -1.99. The molecule has 0 saturated heterocycles. The summed E-state index contributed by atoms with van der Waals surface area (Å²) >= 11 is 0. The van der Waals surface area contributed by atoms with Crippen LogP contribution in [0.2, 0.25) is 0 Å². The minimum atomic E-state index is 0.872. The largest absolute Gasteiger partial charge is 0.307 e. The summed E-state index contributed by atoms with van der Waals surface area (Å²) in [5.41, 5.74) is 11.2. The normalized spacial score (nSPS) is 12.2. The van der Waals surface area contributed by atoms with Crippen molar-refractivity contribution < 1.29 is 0 Å². The Bertz CT molecular complexity index is 2240. The predicted molar refractivity (Wildman–Crippen MR) is 155 cm³/mol. The van der Waals surface area contributed by atoms with Crippen LogP contribution in [0.1, 0.15) is 0 Å². The van der Waals surface area contributed by atoms with Crippen LogP contribution in [0.3, 0.4) is 0 Å². The fourth-order valence-corrected chi connectivity index (χ4v) is 6.37. The van der Waals surface area contributed by atoms with Crippen molar-refractivity contribution in [3.05, 3.63) is 121 Å². The molecule has 2 aromatic heterocycles. The topological polar surface area (TPSA) is 35.6 Å². The van der Waals surface area contributed by atoms with Gasteiger partial charge in [-0.1, -0.05) is 84.9 Å². The molecule has 8 aromatic rings. The van der Waals surface area contributed by atoms with Crippen LogP contribution < -0.4 is 0 Å². The Morgan fingerprint density at radius 2 is 1.13 bits per heavy atom. The molecule has 2 heterocycles. The van der Waals surface area contributed by atoms with Gasteiger partial charge in [0, 0.05) is 10.8 Å². The minimum Gasteiger partial charge on any atom is -0.307 e. The molecule has 0 radical (unpaired) electrons. The number of para-hydroxylation sites is 1. The van der Waals surface area contributed by atoms with Gasteiger partial charge in [0.05, 0.1) is 22.4 Å². The number of fused-ring (bicyclic) bond motifs is 4. The van der Waals surface area contributed by atoms with Crippen LogP contribution in [-0.4, -0.2) is 19.6 Å². The summed E-state index contributed by atoms with van der Waals surface area (Å²) in [5, 5.41) is 15.0. The zero-order valence-electron chi connectivity index (χ0n) is 20.3. The molecule has 176 valence electrons. The molecule has 4 nitrogen and oxygen atoms in total. The molecule has 1 aliphatic rings. The highest BCUT2D eigenvalue weighted by Crippen LogP contribution is 2.49. The smallest absolute Gasteiger partial charge is 0.137 e. The van der Waals surface area contributed by atoms with Crippen LogP contribution >= 0.6 is 0 Å². The van der Waals surface area contributed by atoms with Crippen LogP contribution in [-0.2, 0) is 0 Å². The van der Waals surface area contributed by atoms with Crippen molar-refractivity contribution in [2.75, 3.05) is 0 Å². The predicted octanol–water partition coefficient (Wildman–Crippen LogP) is 8.32. The summed E-state index contributed by atoms with van der Waals surface area (Å²) in [6.07, 6.45) is 0. The molecule has 0 fully saturated rings. The van der Waals surface area contributed by atoms with E-state index >= 15 is 0 Å². The van der Waals surface area contributed by atoms with Crippen LogP contribution in [0, 0.1) is 0 Å². The molecule has 0 unspecified atom stereocenters. The van der Waals surface area contributed by atoms with Crippen molar-refractivity contribution in [2.45, 2.75) is 0 Å². The van der Waals surface area contributed by atoms with Gasteiger partial charge in [-0.2, -0.15) is 4.80 Å². The van der Waals surface area contributed by atoms with Gasteiger partial charge in [0.15, 0.2) is 0 Å². The highest BCUT2D eigenvalue weighted by Gasteiger charge is 2.25. The lowest BCUT2D eigenvalue weighted by Gasteiger charge is -2.13. The summed E-state index contributed by atoms with van der Waals surface area (Å²) in [6, 6.07) is 43.0. The summed E-state index contributed by atoms with van der Waals surface area (Å²) in [6.45, 7) is 0. The van der Waals surface area contributed by atoms with Crippen LogP contribution in [0.25, 0.3) is 77.2 Å². The van der Waals surface area contributed by atoms with E-state index < -0.39 is 0 Å². The zero-order chi connectivity index (χ0) is 24.8. The van der Waals surface area contributed by atoms with E-state index in [2.05, 4.69) is 89.5 Å².